The van der Waals surface area contributed by atoms with Crippen LogP contribution in [0.3, 0.4) is 0 Å². The van der Waals surface area contributed by atoms with Gasteiger partial charge in [0.25, 0.3) is 5.91 Å². The number of hydrogen-bond acceptors (Lipinski definition) is 7. The maximum Gasteiger partial charge on any atom is 0.251 e. The number of hydrogen-bond donors (Lipinski definition) is 0. The lowest BCUT2D eigenvalue weighted by molar-refractivity contribution is -0.147. The number of aromatic nitrogens is 1. The Hall–Kier alpha value is -1.49. The molecule has 3 heterocycles. The summed E-state index contributed by atoms with van der Waals surface area (Å²) in [6.45, 7) is 7.21. The molecule has 158 valence electrons. The van der Waals surface area contributed by atoms with Gasteiger partial charge in [-0.1, -0.05) is 5.16 Å². The Bertz CT molecular complexity index is 760. The Morgan fingerprint density at radius 1 is 1.25 bits per heavy atom. The van der Waals surface area contributed by atoms with Crippen LogP contribution in [0.5, 0.6) is 0 Å². The minimum absolute atomic E-state index is 0.0565. The summed E-state index contributed by atoms with van der Waals surface area (Å²) in [7, 11) is -3.68. The molecule has 0 spiro atoms. The molecule has 2 aliphatic rings. The van der Waals surface area contributed by atoms with E-state index in [1.54, 1.807) is 25.7 Å². The molecule has 2 saturated heterocycles. The fourth-order valence-corrected chi connectivity index (χ4v) is 5.35. The van der Waals surface area contributed by atoms with Crippen LogP contribution >= 0.6 is 0 Å². The van der Waals surface area contributed by atoms with Crippen LogP contribution in [0, 0.1) is 13.8 Å². The average molecular weight is 416 g/mol. The SMILES string of the molecule is Cc1noc(C)c1S(=O)(=O)N1CCN(C(=O)[C@@H](C)OC[C@@H]2CCCCO2)CC1. The fourth-order valence-electron chi connectivity index (χ4n) is 3.64. The Kier molecular flexibility index (Phi) is 6.74. The Balaban J connectivity index is 1.52. The maximum atomic E-state index is 12.9. The lowest BCUT2D eigenvalue weighted by Gasteiger charge is -2.35. The van der Waals surface area contributed by atoms with Gasteiger partial charge in [-0.2, -0.15) is 4.31 Å². The highest BCUT2D eigenvalue weighted by atomic mass is 32.2. The first-order chi connectivity index (χ1) is 13.3. The average Bonchev–Trinajstić information content (AvgIpc) is 3.05. The zero-order valence-electron chi connectivity index (χ0n) is 16.7. The van der Waals surface area contributed by atoms with Crippen molar-refractivity contribution in [2.75, 3.05) is 39.4 Å². The predicted molar refractivity (Wildman–Crippen MR) is 100 cm³/mol. The molecule has 3 rings (SSSR count). The van der Waals surface area contributed by atoms with Gasteiger partial charge in [0.15, 0.2) is 5.76 Å². The van der Waals surface area contributed by atoms with Gasteiger partial charge in [-0.05, 0) is 40.0 Å². The van der Waals surface area contributed by atoms with E-state index < -0.39 is 16.1 Å². The molecule has 9 nitrogen and oxygen atoms in total. The van der Waals surface area contributed by atoms with Crippen molar-refractivity contribution in [3.05, 3.63) is 11.5 Å². The third-order valence-electron chi connectivity index (χ3n) is 5.27. The summed E-state index contributed by atoms with van der Waals surface area (Å²) in [5.41, 5.74) is 0.350. The molecule has 2 aliphatic heterocycles. The summed E-state index contributed by atoms with van der Waals surface area (Å²) in [6.07, 6.45) is 2.64. The minimum atomic E-state index is -3.68. The zero-order chi connectivity index (χ0) is 20.3. The van der Waals surface area contributed by atoms with Gasteiger partial charge in [-0.3, -0.25) is 4.79 Å². The van der Waals surface area contributed by atoms with Gasteiger partial charge in [-0.25, -0.2) is 8.42 Å². The van der Waals surface area contributed by atoms with Crippen LogP contribution in [-0.4, -0.2) is 80.3 Å². The van der Waals surface area contributed by atoms with Crippen molar-refractivity contribution in [2.45, 2.75) is 57.1 Å². The Morgan fingerprint density at radius 2 is 1.96 bits per heavy atom. The number of carbonyl (C=O) groups excluding carboxylic acids is 1. The highest BCUT2D eigenvalue weighted by molar-refractivity contribution is 7.89. The highest BCUT2D eigenvalue weighted by Gasteiger charge is 2.35. The quantitative estimate of drug-likeness (QED) is 0.685. The van der Waals surface area contributed by atoms with E-state index in [2.05, 4.69) is 5.16 Å². The van der Waals surface area contributed by atoms with Crippen molar-refractivity contribution >= 4 is 15.9 Å². The van der Waals surface area contributed by atoms with Crippen LogP contribution in [0.15, 0.2) is 9.42 Å². The number of sulfonamides is 1. The third kappa shape index (κ3) is 4.56. The van der Waals surface area contributed by atoms with Crippen molar-refractivity contribution in [3.63, 3.8) is 0 Å². The van der Waals surface area contributed by atoms with Crippen molar-refractivity contribution < 1.29 is 27.2 Å². The molecule has 0 radical (unpaired) electrons. The largest absolute Gasteiger partial charge is 0.376 e. The van der Waals surface area contributed by atoms with E-state index >= 15 is 0 Å². The number of piperazine rings is 1. The van der Waals surface area contributed by atoms with E-state index in [-0.39, 0.29) is 35.8 Å². The normalized spacial score (nSPS) is 23.0. The molecular weight excluding hydrogens is 386 g/mol. The van der Waals surface area contributed by atoms with Crippen molar-refractivity contribution in [2.24, 2.45) is 0 Å². The van der Waals surface area contributed by atoms with Crippen LogP contribution in [-0.2, 0) is 24.3 Å². The van der Waals surface area contributed by atoms with Gasteiger partial charge in [0, 0.05) is 32.8 Å². The first-order valence-electron chi connectivity index (χ1n) is 9.75. The summed E-state index contributed by atoms with van der Waals surface area (Å²) < 4.78 is 43.4. The first-order valence-corrected chi connectivity index (χ1v) is 11.2. The monoisotopic (exact) mass is 415 g/mol. The van der Waals surface area contributed by atoms with Crippen molar-refractivity contribution in [1.82, 2.24) is 14.4 Å². The molecule has 1 amide bonds. The van der Waals surface area contributed by atoms with E-state index in [0.29, 0.717) is 25.4 Å². The number of aryl methyl sites for hydroxylation is 2. The summed E-state index contributed by atoms with van der Waals surface area (Å²) in [6, 6.07) is 0. The lowest BCUT2D eigenvalue weighted by atomic mass is 10.1. The van der Waals surface area contributed by atoms with Crippen molar-refractivity contribution in [1.29, 1.82) is 0 Å². The molecule has 0 N–H and O–H groups in total. The van der Waals surface area contributed by atoms with Crippen LogP contribution in [0.1, 0.15) is 37.6 Å². The maximum absolute atomic E-state index is 12.9. The molecule has 10 heteroatoms. The molecule has 0 aromatic carbocycles. The second-order valence-electron chi connectivity index (χ2n) is 7.35. The van der Waals surface area contributed by atoms with E-state index in [1.165, 1.54) is 4.31 Å². The van der Waals surface area contributed by atoms with E-state index in [4.69, 9.17) is 14.0 Å². The van der Waals surface area contributed by atoms with Crippen molar-refractivity contribution in [3.8, 4) is 0 Å². The van der Waals surface area contributed by atoms with Gasteiger partial charge < -0.3 is 18.9 Å². The van der Waals surface area contributed by atoms with E-state index in [1.807, 2.05) is 0 Å². The highest BCUT2D eigenvalue weighted by Crippen LogP contribution is 2.24. The van der Waals surface area contributed by atoms with Gasteiger partial charge in [0.2, 0.25) is 10.0 Å². The standard InChI is InChI=1S/C18H29N3O6S/c1-13-17(14(2)27-19-13)28(23,24)21-9-7-20(8-10-21)18(22)15(3)26-12-16-6-4-5-11-25-16/h15-16H,4-12H2,1-3H3/t15-,16+/m1/s1. The van der Waals surface area contributed by atoms with Crippen LogP contribution in [0.25, 0.3) is 0 Å². The van der Waals surface area contributed by atoms with E-state index in [0.717, 1.165) is 25.9 Å². The molecule has 28 heavy (non-hydrogen) atoms. The summed E-state index contributed by atoms with van der Waals surface area (Å²) in [4.78, 5) is 14.4. The molecule has 1 aromatic rings. The van der Waals surface area contributed by atoms with E-state index in [9.17, 15) is 13.2 Å². The molecule has 0 bridgehead atoms. The fraction of sp³-hybridized carbons (Fsp3) is 0.778. The number of nitrogens with zero attached hydrogens (tertiary/aromatic N) is 3. The summed E-state index contributed by atoms with van der Waals surface area (Å²) >= 11 is 0. The predicted octanol–water partition coefficient (Wildman–Crippen LogP) is 1.10. The Morgan fingerprint density at radius 3 is 2.54 bits per heavy atom. The molecule has 2 atom stereocenters. The van der Waals surface area contributed by atoms with Crippen LogP contribution in [0.2, 0.25) is 0 Å². The van der Waals surface area contributed by atoms with Crippen LogP contribution < -0.4 is 0 Å². The smallest absolute Gasteiger partial charge is 0.251 e. The third-order valence-corrected chi connectivity index (χ3v) is 7.41. The van der Waals surface area contributed by atoms with Gasteiger partial charge in [0.1, 0.15) is 16.7 Å². The second kappa shape index (κ2) is 8.89. The Labute approximate surface area is 166 Å². The lowest BCUT2D eigenvalue weighted by Crippen LogP contribution is -2.53. The molecular formula is C18H29N3O6S. The molecule has 1 aromatic heterocycles. The molecule has 2 fully saturated rings. The molecule has 0 aliphatic carbocycles. The number of carbonyl (C=O) groups is 1. The summed E-state index contributed by atoms with van der Waals surface area (Å²) in [5.74, 6) is 0.160. The topological polar surface area (TPSA) is 102 Å². The molecule has 0 saturated carbocycles. The number of rotatable bonds is 6. The second-order valence-corrected chi connectivity index (χ2v) is 9.22. The number of ether oxygens (including phenoxy) is 2. The first kappa shape index (κ1) is 21.2. The number of amides is 1. The molecule has 0 unspecified atom stereocenters. The zero-order valence-corrected chi connectivity index (χ0v) is 17.5. The summed E-state index contributed by atoms with van der Waals surface area (Å²) in [5, 5.41) is 3.73. The van der Waals surface area contributed by atoms with Gasteiger partial charge in [0.05, 0.1) is 12.7 Å². The van der Waals surface area contributed by atoms with Gasteiger partial charge in [-0.15, -0.1) is 0 Å². The van der Waals surface area contributed by atoms with Crippen LogP contribution in [0.4, 0.5) is 0 Å². The van der Waals surface area contributed by atoms with Gasteiger partial charge >= 0.3 is 0 Å². The minimum Gasteiger partial charge on any atom is -0.376 e.